The third-order valence-corrected chi connectivity index (χ3v) is 3.99. The molecule has 2 rings (SSSR count). The quantitative estimate of drug-likeness (QED) is 0.765. The van der Waals surface area contributed by atoms with Crippen LogP contribution in [-0.4, -0.2) is 16.6 Å². The molecule has 1 saturated carbocycles. The predicted octanol–water partition coefficient (Wildman–Crippen LogP) is 4.45. The van der Waals surface area contributed by atoms with Gasteiger partial charge in [-0.1, -0.05) is 44.7 Å². The summed E-state index contributed by atoms with van der Waals surface area (Å²) in [4.78, 5) is 9.19. The van der Waals surface area contributed by atoms with Crippen molar-refractivity contribution in [1.82, 2.24) is 9.97 Å². The van der Waals surface area contributed by atoms with Crippen molar-refractivity contribution in [3.05, 3.63) is 22.7 Å². The number of halogens is 1. The highest BCUT2D eigenvalue weighted by molar-refractivity contribution is 6.29. The summed E-state index contributed by atoms with van der Waals surface area (Å²) < 4.78 is 6.06. The number of ether oxygens (including phenoxy) is 1. The van der Waals surface area contributed by atoms with Gasteiger partial charge < -0.3 is 4.74 Å². The van der Waals surface area contributed by atoms with Gasteiger partial charge in [-0.2, -0.15) is 0 Å². The number of aromatic nitrogens is 2. The van der Waals surface area contributed by atoms with E-state index in [1.54, 1.807) is 0 Å². The average Bonchev–Trinajstić information content (AvgIpc) is 2.39. The van der Waals surface area contributed by atoms with E-state index in [1.807, 2.05) is 13.0 Å². The highest BCUT2D eigenvalue weighted by atomic mass is 35.5. The van der Waals surface area contributed by atoms with Crippen LogP contribution in [0, 0.1) is 0 Å². The van der Waals surface area contributed by atoms with Crippen LogP contribution in [0.25, 0.3) is 0 Å². The Bertz CT molecular complexity index is 423. The second-order valence-electron chi connectivity index (χ2n) is 5.58. The van der Waals surface area contributed by atoms with E-state index >= 15 is 0 Å². The first-order valence-electron chi connectivity index (χ1n) is 7.26. The molecule has 1 aliphatic carbocycles. The maximum absolute atomic E-state index is 6.17. The van der Waals surface area contributed by atoms with Crippen molar-refractivity contribution in [3.8, 4) is 0 Å². The largest absolute Gasteiger partial charge is 0.367 e. The van der Waals surface area contributed by atoms with Gasteiger partial charge >= 0.3 is 0 Å². The van der Waals surface area contributed by atoms with Crippen molar-refractivity contribution in [1.29, 1.82) is 0 Å². The Morgan fingerprint density at radius 3 is 2.53 bits per heavy atom. The summed E-state index contributed by atoms with van der Waals surface area (Å²) in [6, 6.07) is 1.86. The molecule has 1 aliphatic rings. The fourth-order valence-electron chi connectivity index (χ4n) is 2.77. The van der Waals surface area contributed by atoms with E-state index in [2.05, 4.69) is 18.8 Å². The Hall–Kier alpha value is -0.670. The molecule has 3 nitrogen and oxygen atoms in total. The van der Waals surface area contributed by atoms with E-state index in [0.717, 1.165) is 24.4 Å². The molecule has 1 aromatic heterocycles. The van der Waals surface area contributed by atoms with Crippen molar-refractivity contribution in [2.24, 2.45) is 0 Å². The molecular formula is C15H23ClN2O. The van der Waals surface area contributed by atoms with Crippen LogP contribution in [0.1, 0.15) is 70.3 Å². The van der Waals surface area contributed by atoms with E-state index in [4.69, 9.17) is 21.3 Å². The summed E-state index contributed by atoms with van der Waals surface area (Å²) in [6.07, 6.45) is 5.61. The van der Waals surface area contributed by atoms with Crippen LogP contribution >= 0.6 is 11.6 Å². The van der Waals surface area contributed by atoms with Crippen LogP contribution in [0.5, 0.6) is 0 Å². The Morgan fingerprint density at radius 1 is 1.26 bits per heavy atom. The minimum absolute atomic E-state index is 0.318. The number of rotatable bonds is 4. The van der Waals surface area contributed by atoms with Gasteiger partial charge in [0.05, 0.1) is 0 Å². The van der Waals surface area contributed by atoms with Crippen LogP contribution in [0.3, 0.4) is 0 Å². The van der Waals surface area contributed by atoms with E-state index in [1.165, 1.54) is 19.3 Å². The standard InChI is InChI=1S/C15H23ClN2O/c1-4-19-15(8-6-5-7-9-15)14-17-12(11(2)3)10-13(16)18-14/h10-11H,4-9H2,1-3H3. The van der Waals surface area contributed by atoms with Gasteiger partial charge in [0, 0.05) is 12.3 Å². The molecule has 0 aliphatic heterocycles. The van der Waals surface area contributed by atoms with Crippen LogP contribution in [0.2, 0.25) is 5.15 Å². The van der Waals surface area contributed by atoms with Crippen molar-refractivity contribution >= 4 is 11.6 Å². The van der Waals surface area contributed by atoms with E-state index in [-0.39, 0.29) is 5.60 Å². The number of nitrogens with zero attached hydrogens (tertiary/aromatic N) is 2. The lowest BCUT2D eigenvalue weighted by molar-refractivity contribution is -0.0768. The predicted molar refractivity (Wildman–Crippen MR) is 77.5 cm³/mol. The summed E-state index contributed by atoms with van der Waals surface area (Å²) in [5.41, 5.74) is 0.682. The van der Waals surface area contributed by atoms with Gasteiger partial charge in [-0.15, -0.1) is 0 Å². The third-order valence-electron chi connectivity index (χ3n) is 3.80. The van der Waals surface area contributed by atoms with Gasteiger partial charge in [0.1, 0.15) is 10.8 Å². The van der Waals surface area contributed by atoms with Gasteiger partial charge in [-0.3, -0.25) is 0 Å². The van der Waals surface area contributed by atoms with Crippen molar-refractivity contribution in [3.63, 3.8) is 0 Å². The van der Waals surface area contributed by atoms with Crippen molar-refractivity contribution < 1.29 is 4.74 Å². The Labute approximate surface area is 120 Å². The summed E-state index contributed by atoms with van der Waals surface area (Å²) >= 11 is 6.17. The lowest BCUT2D eigenvalue weighted by atomic mass is 9.83. The molecule has 4 heteroatoms. The van der Waals surface area contributed by atoms with E-state index in [9.17, 15) is 0 Å². The fourth-order valence-corrected chi connectivity index (χ4v) is 2.96. The second kappa shape index (κ2) is 6.19. The first kappa shape index (κ1) is 14.7. The summed E-state index contributed by atoms with van der Waals surface area (Å²) in [7, 11) is 0. The molecule has 0 N–H and O–H groups in total. The average molecular weight is 283 g/mol. The molecule has 0 atom stereocenters. The zero-order chi connectivity index (χ0) is 13.9. The van der Waals surface area contributed by atoms with Gasteiger partial charge in [0.2, 0.25) is 0 Å². The minimum Gasteiger partial charge on any atom is -0.367 e. The molecule has 0 unspecified atom stereocenters. The van der Waals surface area contributed by atoms with Crippen LogP contribution < -0.4 is 0 Å². The molecule has 1 aromatic rings. The molecular weight excluding hydrogens is 260 g/mol. The minimum atomic E-state index is -0.318. The Morgan fingerprint density at radius 2 is 1.95 bits per heavy atom. The monoisotopic (exact) mass is 282 g/mol. The summed E-state index contributed by atoms with van der Waals surface area (Å²) in [5.74, 6) is 1.13. The van der Waals surface area contributed by atoms with E-state index < -0.39 is 0 Å². The normalized spacial score (nSPS) is 18.8. The first-order chi connectivity index (χ1) is 9.07. The third kappa shape index (κ3) is 3.26. The molecule has 0 radical (unpaired) electrons. The summed E-state index contributed by atoms with van der Waals surface area (Å²) in [5, 5.41) is 0.526. The topological polar surface area (TPSA) is 35.0 Å². The van der Waals surface area contributed by atoms with Crippen LogP contribution in [-0.2, 0) is 10.3 Å². The molecule has 0 saturated heterocycles. The molecule has 0 amide bonds. The fraction of sp³-hybridized carbons (Fsp3) is 0.733. The van der Waals surface area contributed by atoms with Gasteiger partial charge in [0.25, 0.3) is 0 Å². The van der Waals surface area contributed by atoms with Crippen molar-refractivity contribution in [2.45, 2.75) is 64.4 Å². The number of hydrogen-bond acceptors (Lipinski definition) is 3. The maximum atomic E-state index is 6.17. The Kier molecular flexibility index (Phi) is 4.80. The zero-order valence-corrected chi connectivity index (χ0v) is 12.8. The molecule has 0 aromatic carbocycles. The first-order valence-corrected chi connectivity index (χ1v) is 7.64. The molecule has 19 heavy (non-hydrogen) atoms. The van der Waals surface area contributed by atoms with Gasteiger partial charge in [-0.05, 0) is 31.7 Å². The highest BCUT2D eigenvalue weighted by Crippen LogP contribution is 2.39. The highest BCUT2D eigenvalue weighted by Gasteiger charge is 2.38. The maximum Gasteiger partial charge on any atom is 0.162 e. The smallest absolute Gasteiger partial charge is 0.162 e. The van der Waals surface area contributed by atoms with Crippen LogP contribution in [0.4, 0.5) is 0 Å². The lowest BCUT2D eigenvalue weighted by Crippen LogP contribution is -2.35. The van der Waals surface area contributed by atoms with Gasteiger partial charge in [-0.25, -0.2) is 9.97 Å². The Balaban J connectivity index is 2.40. The SMILES string of the molecule is CCOC1(c2nc(Cl)cc(C(C)C)n2)CCCCC1. The zero-order valence-electron chi connectivity index (χ0n) is 12.1. The number of hydrogen-bond donors (Lipinski definition) is 0. The molecule has 0 spiro atoms. The molecule has 0 bridgehead atoms. The van der Waals surface area contributed by atoms with Crippen molar-refractivity contribution in [2.75, 3.05) is 6.61 Å². The lowest BCUT2D eigenvalue weighted by Gasteiger charge is -2.35. The molecule has 1 fully saturated rings. The van der Waals surface area contributed by atoms with Crippen LogP contribution in [0.15, 0.2) is 6.07 Å². The molecule has 1 heterocycles. The van der Waals surface area contributed by atoms with E-state index in [0.29, 0.717) is 17.7 Å². The molecule has 106 valence electrons. The second-order valence-corrected chi connectivity index (χ2v) is 5.97. The summed E-state index contributed by atoms with van der Waals surface area (Å²) in [6.45, 7) is 6.96. The van der Waals surface area contributed by atoms with Gasteiger partial charge in [0.15, 0.2) is 5.82 Å².